The van der Waals surface area contributed by atoms with E-state index in [4.69, 9.17) is 28.7 Å². The van der Waals surface area contributed by atoms with Crippen LogP contribution >= 0.6 is 11.5 Å². The van der Waals surface area contributed by atoms with Gasteiger partial charge >= 0.3 is 10.4 Å². The lowest BCUT2D eigenvalue weighted by atomic mass is 10.4. The predicted octanol–water partition coefficient (Wildman–Crippen LogP) is -0.937. The highest BCUT2D eigenvalue weighted by molar-refractivity contribution is 7.79. The van der Waals surface area contributed by atoms with Gasteiger partial charge in [-0.15, -0.1) is 0 Å². The topological polar surface area (TPSA) is 161 Å². The molecule has 9 nitrogen and oxygen atoms in total. The molecule has 0 saturated carbocycles. The van der Waals surface area contributed by atoms with Gasteiger partial charge in [-0.25, -0.2) is 0 Å². The van der Waals surface area contributed by atoms with Crippen LogP contribution in [0, 0.1) is 5.41 Å². The molecule has 1 aromatic heterocycles. The van der Waals surface area contributed by atoms with Gasteiger partial charge in [-0.2, -0.15) is 12.8 Å². The summed E-state index contributed by atoms with van der Waals surface area (Å²) in [5.74, 6) is 0.00968. The van der Waals surface area contributed by atoms with Gasteiger partial charge in [0.25, 0.3) is 0 Å². The highest BCUT2D eigenvalue weighted by atomic mass is 32.3. The fourth-order valence-electron chi connectivity index (χ4n) is 0.831. The Morgan fingerprint density at radius 3 is 2.56 bits per heavy atom. The van der Waals surface area contributed by atoms with Crippen LogP contribution in [0.1, 0.15) is 5.69 Å². The molecule has 0 aliphatic carbocycles. The van der Waals surface area contributed by atoms with Crippen molar-refractivity contribution in [2.75, 3.05) is 13.1 Å². The first-order chi connectivity index (χ1) is 8.29. The molecular weight excluding hydrogens is 282 g/mol. The first kappa shape index (κ1) is 16.7. The van der Waals surface area contributed by atoms with Crippen molar-refractivity contribution < 1.29 is 17.5 Å². The minimum absolute atomic E-state index is 0.00968. The van der Waals surface area contributed by atoms with Crippen molar-refractivity contribution in [2.24, 2.45) is 5.73 Å². The molecule has 18 heavy (non-hydrogen) atoms. The smallest absolute Gasteiger partial charge is 0.370 e. The Kier molecular flexibility index (Phi) is 8.15. The number of aromatic nitrogens is 1. The fraction of sp³-hybridized carbons (Fsp3) is 0.429. The fourth-order valence-corrected chi connectivity index (χ4v) is 1.37. The van der Waals surface area contributed by atoms with Gasteiger partial charge in [0.05, 0.1) is 5.69 Å². The van der Waals surface area contributed by atoms with Gasteiger partial charge < -0.3 is 16.4 Å². The van der Waals surface area contributed by atoms with Crippen LogP contribution in [0.2, 0.25) is 0 Å². The maximum Gasteiger partial charge on any atom is 0.394 e. The van der Waals surface area contributed by atoms with Crippen LogP contribution in [0.25, 0.3) is 0 Å². The summed E-state index contributed by atoms with van der Waals surface area (Å²) in [4.78, 5) is 0. The molecule has 1 aromatic rings. The van der Waals surface area contributed by atoms with Gasteiger partial charge in [-0.1, -0.05) is 0 Å². The Morgan fingerprint density at radius 2 is 2.11 bits per heavy atom. The van der Waals surface area contributed by atoms with E-state index >= 15 is 0 Å². The Bertz CT molecular complexity index is 425. The molecule has 0 unspecified atom stereocenters. The molecule has 1 rings (SSSR count). The van der Waals surface area contributed by atoms with Gasteiger partial charge in [0.1, 0.15) is 0 Å². The molecule has 0 radical (unpaired) electrons. The minimum atomic E-state index is -4.67. The monoisotopic (exact) mass is 297 g/mol. The first-order valence-corrected chi connectivity index (χ1v) is 6.90. The Morgan fingerprint density at radius 1 is 1.50 bits per heavy atom. The Balaban J connectivity index is 0.000000494. The second-order valence-corrected chi connectivity index (χ2v) is 4.52. The van der Waals surface area contributed by atoms with Gasteiger partial charge in [-0.3, -0.25) is 14.5 Å². The van der Waals surface area contributed by atoms with Crippen LogP contribution in [-0.2, 0) is 16.9 Å². The van der Waals surface area contributed by atoms with E-state index in [-0.39, 0.29) is 5.96 Å². The van der Waals surface area contributed by atoms with Crippen molar-refractivity contribution in [1.82, 2.24) is 15.0 Å². The number of rotatable bonds is 5. The molecule has 1 heterocycles. The van der Waals surface area contributed by atoms with Crippen LogP contribution < -0.4 is 16.4 Å². The maximum atomic E-state index is 8.74. The summed E-state index contributed by atoms with van der Waals surface area (Å²) in [5.41, 5.74) is 6.15. The second-order valence-electron chi connectivity index (χ2n) is 2.96. The average molecular weight is 297 g/mol. The summed E-state index contributed by atoms with van der Waals surface area (Å²) < 4.78 is 35.7. The summed E-state index contributed by atoms with van der Waals surface area (Å²) in [5, 5.41) is 14.7. The van der Waals surface area contributed by atoms with Gasteiger partial charge in [0.15, 0.2) is 5.96 Å². The summed E-state index contributed by atoms with van der Waals surface area (Å²) >= 11 is 1.45. The molecule has 104 valence electrons. The molecule has 0 amide bonds. The molecule has 0 atom stereocenters. The highest BCUT2D eigenvalue weighted by Gasteiger charge is 1.93. The minimum Gasteiger partial charge on any atom is -0.370 e. The quantitative estimate of drug-likeness (QED) is 0.176. The number of nitrogens with two attached hydrogens (primary N) is 1. The Labute approximate surface area is 109 Å². The van der Waals surface area contributed by atoms with Gasteiger partial charge in [-0.05, 0) is 17.6 Å². The number of hydrogen-bond acceptors (Lipinski definition) is 6. The zero-order valence-electron chi connectivity index (χ0n) is 9.33. The van der Waals surface area contributed by atoms with Crippen molar-refractivity contribution in [1.29, 1.82) is 5.41 Å². The lowest BCUT2D eigenvalue weighted by Crippen LogP contribution is -2.35. The molecule has 0 aliphatic heterocycles. The van der Waals surface area contributed by atoms with Crippen molar-refractivity contribution >= 4 is 27.9 Å². The molecule has 0 fully saturated rings. The summed E-state index contributed by atoms with van der Waals surface area (Å²) in [6, 6.07) is 1.98. The zero-order valence-corrected chi connectivity index (χ0v) is 11.0. The molecule has 0 saturated heterocycles. The van der Waals surface area contributed by atoms with Crippen LogP contribution in [0.3, 0.4) is 0 Å². The molecular formula is C7H15N5O4S2. The van der Waals surface area contributed by atoms with Crippen molar-refractivity contribution in [3.63, 3.8) is 0 Å². The van der Waals surface area contributed by atoms with E-state index < -0.39 is 10.4 Å². The van der Waals surface area contributed by atoms with E-state index in [2.05, 4.69) is 15.0 Å². The SMILES string of the molecule is N=C(N)NCCNCc1ccsn1.O=S(=O)(O)O. The molecule has 11 heteroatoms. The molecule has 0 bridgehead atoms. The summed E-state index contributed by atoms with van der Waals surface area (Å²) in [7, 11) is -4.67. The Hall–Kier alpha value is -1.27. The standard InChI is InChI=1S/C7H13N5S.H2O4S/c8-7(9)11-3-2-10-5-6-1-4-13-12-6;1-5(2,3)4/h1,4,10H,2-3,5H2,(H4,8,9,11);(H2,1,2,3,4). The normalized spacial score (nSPS) is 10.3. The number of hydrogen-bond donors (Lipinski definition) is 6. The van der Waals surface area contributed by atoms with E-state index in [1.54, 1.807) is 0 Å². The average Bonchev–Trinajstić information content (AvgIpc) is 2.66. The first-order valence-electron chi connectivity index (χ1n) is 4.67. The largest absolute Gasteiger partial charge is 0.394 e. The van der Waals surface area contributed by atoms with Gasteiger partial charge in [0.2, 0.25) is 0 Å². The van der Waals surface area contributed by atoms with Crippen LogP contribution in [0.5, 0.6) is 0 Å². The molecule has 0 aromatic carbocycles. The summed E-state index contributed by atoms with van der Waals surface area (Å²) in [6.07, 6.45) is 0. The third-order valence-corrected chi connectivity index (χ3v) is 2.01. The van der Waals surface area contributed by atoms with E-state index in [0.717, 1.165) is 18.8 Å². The highest BCUT2D eigenvalue weighted by Crippen LogP contribution is 1.97. The maximum absolute atomic E-state index is 8.74. The third kappa shape index (κ3) is 14.7. The van der Waals surface area contributed by atoms with Gasteiger partial charge in [0, 0.05) is 25.0 Å². The number of nitrogens with zero attached hydrogens (tertiary/aromatic N) is 1. The zero-order chi connectivity index (χ0) is 14.0. The number of guanidine groups is 1. The predicted molar refractivity (Wildman–Crippen MR) is 67.9 cm³/mol. The third-order valence-electron chi connectivity index (χ3n) is 1.41. The lowest BCUT2D eigenvalue weighted by Gasteiger charge is -2.03. The molecule has 0 spiro atoms. The van der Waals surface area contributed by atoms with Crippen molar-refractivity contribution in [3.8, 4) is 0 Å². The lowest BCUT2D eigenvalue weighted by molar-refractivity contribution is 0.381. The number of nitrogens with one attached hydrogen (secondary N) is 3. The van der Waals surface area contributed by atoms with Crippen LogP contribution in [0.15, 0.2) is 11.4 Å². The van der Waals surface area contributed by atoms with Crippen LogP contribution in [0.4, 0.5) is 0 Å². The second kappa shape index (κ2) is 8.77. The van der Waals surface area contributed by atoms with Crippen molar-refractivity contribution in [3.05, 3.63) is 17.1 Å². The molecule has 7 N–H and O–H groups in total. The van der Waals surface area contributed by atoms with Crippen LogP contribution in [-0.4, -0.2) is 40.9 Å². The van der Waals surface area contributed by atoms with E-state index in [9.17, 15) is 0 Å². The van der Waals surface area contributed by atoms with E-state index in [1.165, 1.54) is 11.5 Å². The van der Waals surface area contributed by atoms with E-state index in [0.29, 0.717) is 6.54 Å². The van der Waals surface area contributed by atoms with Crippen molar-refractivity contribution in [2.45, 2.75) is 6.54 Å². The molecule has 0 aliphatic rings. The van der Waals surface area contributed by atoms with E-state index in [1.807, 2.05) is 11.4 Å². The summed E-state index contributed by atoms with van der Waals surface area (Å²) in [6.45, 7) is 2.21.